The molecule has 19 heavy (non-hydrogen) atoms. The van der Waals surface area contributed by atoms with E-state index in [4.69, 9.17) is 0 Å². The van der Waals surface area contributed by atoms with Crippen LogP contribution in [0.5, 0.6) is 0 Å². The molecule has 0 unspecified atom stereocenters. The van der Waals surface area contributed by atoms with E-state index in [0.29, 0.717) is 0 Å². The number of hydrazine groups is 1. The molecular formula is C15H32N2P2+2. The molecule has 4 heteroatoms. The quantitative estimate of drug-likeness (QED) is 0.596. The predicted molar refractivity (Wildman–Crippen MR) is 90.5 cm³/mol. The zero-order valence-electron chi connectivity index (χ0n) is 13.6. The van der Waals surface area contributed by atoms with Crippen LogP contribution in [0.3, 0.4) is 0 Å². The molecule has 0 saturated carbocycles. The fourth-order valence-corrected chi connectivity index (χ4v) is 22.5. The molecule has 3 rings (SSSR count). The monoisotopic (exact) mass is 302 g/mol. The number of hydrogen-bond acceptors (Lipinski definition) is 2. The van der Waals surface area contributed by atoms with E-state index in [2.05, 4.69) is 51.3 Å². The lowest BCUT2D eigenvalue weighted by Gasteiger charge is -2.31. The molecule has 110 valence electrons. The molecule has 3 heterocycles. The van der Waals surface area contributed by atoms with E-state index in [-0.39, 0.29) is 0 Å². The zero-order chi connectivity index (χ0) is 14.0. The van der Waals surface area contributed by atoms with Crippen LogP contribution >= 0.6 is 14.8 Å². The van der Waals surface area contributed by atoms with Crippen LogP contribution in [-0.2, 0) is 0 Å². The summed E-state index contributed by atoms with van der Waals surface area (Å²) in [6.07, 6.45) is 5.93. The summed E-state index contributed by atoms with van der Waals surface area (Å²) in [5.74, 6) is 1.62. The molecule has 3 saturated heterocycles. The van der Waals surface area contributed by atoms with Gasteiger partial charge in [-0.2, -0.15) is 0 Å². The maximum atomic E-state index is 2.82. The highest BCUT2D eigenvalue weighted by Crippen LogP contribution is 2.94. The van der Waals surface area contributed by atoms with E-state index in [1.54, 1.807) is 5.90 Å². The summed E-state index contributed by atoms with van der Waals surface area (Å²) in [5.41, 5.74) is 3.92. The Kier molecular flexibility index (Phi) is 3.59. The Morgan fingerprint density at radius 1 is 0.632 bits per heavy atom. The SMILES string of the molecule is C[C@@H]1CC[C@@H](C)[P+]12C[P+]1([C@H](C)CC[C@H]1C)N(C)N2C. The Hall–Kier alpha value is 0.780. The van der Waals surface area contributed by atoms with Crippen molar-refractivity contribution >= 4 is 14.8 Å². The molecule has 2 spiro atoms. The van der Waals surface area contributed by atoms with E-state index < -0.39 is 14.8 Å². The average molecular weight is 302 g/mol. The first-order valence-corrected chi connectivity index (χ1v) is 12.2. The van der Waals surface area contributed by atoms with Gasteiger partial charge in [0.15, 0.2) is 5.90 Å². The maximum absolute atomic E-state index is 2.82. The van der Waals surface area contributed by atoms with Gasteiger partial charge >= 0.3 is 0 Å². The molecule has 0 aromatic rings. The molecule has 3 aliphatic rings. The minimum Gasteiger partial charge on any atom is -0.0828 e. The number of nitrogens with zero attached hydrogens (tertiary/aromatic N) is 2. The molecule has 0 N–H and O–H groups in total. The molecule has 3 aliphatic heterocycles. The fraction of sp³-hybridized carbons (Fsp3) is 1.00. The van der Waals surface area contributed by atoms with Crippen molar-refractivity contribution in [2.75, 3.05) is 20.0 Å². The van der Waals surface area contributed by atoms with Crippen molar-refractivity contribution in [3.05, 3.63) is 0 Å². The van der Waals surface area contributed by atoms with Crippen molar-refractivity contribution in [3.8, 4) is 0 Å². The van der Waals surface area contributed by atoms with Crippen LogP contribution in [0.1, 0.15) is 53.4 Å². The van der Waals surface area contributed by atoms with E-state index in [1.165, 1.54) is 25.7 Å². The summed E-state index contributed by atoms with van der Waals surface area (Å²) >= 11 is 0. The van der Waals surface area contributed by atoms with Gasteiger partial charge in [0.05, 0.1) is 22.6 Å². The lowest BCUT2D eigenvalue weighted by Crippen LogP contribution is -2.34. The number of rotatable bonds is 0. The first kappa shape index (κ1) is 14.7. The van der Waals surface area contributed by atoms with Crippen LogP contribution in [0.4, 0.5) is 0 Å². The summed E-state index contributed by atoms with van der Waals surface area (Å²) in [4.78, 5) is 0. The summed E-state index contributed by atoms with van der Waals surface area (Å²) in [6, 6.07) is 0. The first-order chi connectivity index (χ1) is 8.87. The summed E-state index contributed by atoms with van der Waals surface area (Å²) in [6.45, 7) is 10.3. The van der Waals surface area contributed by atoms with Gasteiger partial charge in [0.25, 0.3) is 0 Å². The Balaban J connectivity index is 2.04. The Morgan fingerprint density at radius 3 is 1.16 bits per heavy atom. The largest absolute Gasteiger partial charge is 0.195 e. The third-order valence-electron chi connectivity index (χ3n) is 7.01. The third kappa shape index (κ3) is 1.64. The molecule has 0 aliphatic carbocycles. The standard InChI is InChI=1S/C15H32N2P2/c1-12-7-8-13(2)18(12)11-19(17(6)16(18)5)14(3)9-10-15(19)4/h12-15H,7-11H2,1-6H3/q+2/t12-,13-,14-,15-/m1/s1. The highest BCUT2D eigenvalue weighted by molar-refractivity contribution is 7.93. The second-order valence-electron chi connectivity index (χ2n) is 7.44. The Bertz CT molecular complexity index is 319. The molecule has 0 aromatic heterocycles. The summed E-state index contributed by atoms with van der Waals surface area (Å²) in [7, 11) is 3.07. The van der Waals surface area contributed by atoms with Gasteiger partial charge in [-0.25, -0.2) is 0 Å². The van der Waals surface area contributed by atoms with E-state index in [9.17, 15) is 0 Å². The van der Waals surface area contributed by atoms with Crippen LogP contribution in [-0.4, -0.2) is 52.2 Å². The Morgan fingerprint density at radius 2 is 0.895 bits per heavy atom. The topological polar surface area (TPSA) is 6.48 Å². The van der Waals surface area contributed by atoms with Crippen molar-refractivity contribution in [3.63, 3.8) is 0 Å². The van der Waals surface area contributed by atoms with Crippen LogP contribution in [0, 0.1) is 0 Å². The maximum Gasteiger partial charge on any atom is 0.195 e. The van der Waals surface area contributed by atoms with Crippen LogP contribution in [0.25, 0.3) is 0 Å². The molecule has 4 atom stereocenters. The first-order valence-electron chi connectivity index (χ1n) is 8.10. The molecule has 0 amide bonds. The van der Waals surface area contributed by atoms with Crippen molar-refractivity contribution < 1.29 is 0 Å². The highest BCUT2D eigenvalue weighted by atomic mass is 31.2. The van der Waals surface area contributed by atoms with Gasteiger partial charge in [-0.1, -0.05) is 9.56 Å². The van der Waals surface area contributed by atoms with E-state index >= 15 is 0 Å². The van der Waals surface area contributed by atoms with E-state index in [0.717, 1.165) is 22.6 Å². The van der Waals surface area contributed by atoms with Gasteiger partial charge in [-0.05, 0) is 53.4 Å². The molecule has 0 bridgehead atoms. The lowest BCUT2D eigenvalue weighted by atomic mass is 10.2. The molecule has 0 aromatic carbocycles. The van der Waals surface area contributed by atoms with Crippen LogP contribution in [0.15, 0.2) is 0 Å². The predicted octanol–water partition coefficient (Wildman–Crippen LogP) is 4.74. The average Bonchev–Trinajstić information content (AvgIpc) is 2.91. The Labute approximate surface area is 121 Å². The summed E-state index contributed by atoms with van der Waals surface area (Å²) in [5, 5.41) is 0. The molecule has 2 nitrogen and oxygen atoms in total. The van der Waals surface area contributed by atoms with Crippen molar-refractivity contribution in [2.24, 2.45) is 0 Å². The summed E-state index contributed by atoms with van der Waals surface area (Å²) < 4.78 is 5.64. The van der Waals surface area contributed by atoms with Gasteiger partial charge in [0.1, 0.15) is 14.8 Å². The lowest BCUT2D eigenvalue weighted by molar-refractivity contribution is 0.258. The normalized spacial score (nSPS) is 45.8. The molecule has 3 fully saturated rings. The second kappa shape index (κ2) is 4.64. The van der Waals surface area contributed by atoms with Gasteiger partial charge in [-0.15, -0.1) is 0 Å². The van der Waals surface area contributed by atoms with E-state index in [1.807, 2.05) is 0 Å². The van der Waals surface area contributed by atoms with Crippen molar-refractivity contribution in [1.29, 1.82) is 0 Å². The van der Waals surface area contributed by atoms with Crippen molar-refractivity contribution in [1.82, 2.24) is 9.56 Å². The van der Waals surface area contributed by atoms with Crippen molar-refractivity contribution in [2.45, 2.75) is 76.0 Å². The van der Waals surface area contributed by atoms with Crippen LogP contribution < -0.4 is 0 Å². The van der Waals surface area contributed by atoms with Gasteiger partial charge in [0, 0.05) is 14.1 Å². The molecular weight excluding hydrogens is 270 g/mol. The highest BCUT2D eigenvalue weighted by Gasteiger charge is 2.77. The zero-order valence-corrected chi connectivity index (χ0v) is 15.4. The fourth-order valence-electron chi connectivity index (χ4n) is 5.45. The smallest absolute Gasteiger partial charge is 0.0828 e. The van der Waals surface area contributed by atoms with Crippen LogP contribution in [0.2, 0.25) is 0 Å². The number of hydrogen-bond donors (Lipinski definition) is 0. The van der Waals surface area contributed by atoms with Gasteiger partial charge in [-0.3, -0.25) is 0 Å². The van der Waals surface area contributed by atoms with Gasteiger partial charge in [0.2, 0.25) is 0 Å². The third-order valence-corrected chi connectivity index (χ3v) is 20.6. The minimum atomic E-state index is -0.907. The minimum absolute atomic E-state index is 0.907. The molecule has 0 radical (unpaired) electrons. The van der Waals surface area contributed by atoms with Gasteiger partial charge < -0.3 is 0 Å². The second-order valence-corrected chi connectivity index (χ2v) is 16.8.